The molecule has 1 saturated carbocycles. The molecule has 1 fully saturated rings. The first-order valence-corrected chi connectivity index (χ1v) is 8.10. The average molecular weight is 401 g/mol. The molecule has 0 radical (unpaired) electrons. The van der Waals surface area contributed by atoms with Crippen LogP contribution in [0.5, 0.6) is 0 Å². The summed E-state index contributed by atoms with van der Waals surface area (Å²) in [7, 11) is 0. The molecule has 23 heavy (non-hydrogen) atoms. The standard InChI is InChI=1S/C15H18BrN5O.ClH/c16-12-3-1-2-10(6-12)8-21-9-18-15(20-21)19-14(22)11-4-5-13(17)7-11;/h1-3,6,9,11,13H,4-5,7-8,17H2,(H,19,20,22);1H. The normalized spacial score (nSPS) is 20.1. The molecule has 2 aromatic rings. The predicted octanol–water partition coefficient (Wildman–Crippen LogP) is 2.58. The van der Waals surface area contributed by atoms with E-state index in [1.54, 1.807) is 11.0 Å². The minimum atomic E-state index is -0.0341. The highest BCUT2D eigenvalue weighted by atomic mass is 79.9. The molecule has 8 heteroatoms. The van der Waals surface area contributed by atoms with Gasteiger partial charge in [-0.15, -0.1) is 17.5 Å². The van der Waals surface area contributed by atoms with Gasteiger partial charge in [-0.05, 0) is 37.0 Å². The molecule has 0 saturated heterocycles. The monoisotopic (exact) mass is 399 g/mol. The lowest BCUT2D eigenvalue weighted by Crippen LogP contribution is -2.23. The van der Waals surface area contributed by atoms with Gasteiger partial charge in [0.15, 0.2) is 0 Å². The quantitative estimate of drug-likeness (QED) is 0.826. The second-order valence-corrected chi connectivity index (χ2v) is 6.57. The van der Waals surface area contributed by atoms with Crippen LogP contribution in [0, 0.1) is 5.92 Å². The average Bonchev–Trinajstić information content (AvgIpc) is 3.08. The molecule has 3 rings (SSSR count). The number of amides is 1. The van der Waals surface area contributed by atoms with Gasteiger partial charge in [0.1, 0.15) is 6.33 Å². The van der Waals surface area contributed by atoms with Gasteiger partial charge in [-0.2, -0.15) is 0 Å². The lowest BCUT2D eigenvalue weighted by Gasteiger charge is -2.07. The number of benzene rings is 1. The Morgan fingerprint density at radius 2 is 2.26 bits per heavy atom. The number of anilines is 1. The summed E-state index contributed by atoms with van der Waals surface area (Å²) in [6.45, 7) is 0.608. The smallest absolute Gasteiger partial charge is 0.248 e. The van der Waals surface area contributed by atoms with Crippen molar-refractivity contribution < 1.29 is 4.79 Å². The first-order chi connectivity index (χ1) is 10.6. The third kappa shape index (κ3) is 4.76. The van der Waals surface area contributed by atoms with Crippen molar-refractivity contribution in [2.75, 3.05) is 5.32 Å². The van der Waals surface area contributed by atoms with Crippen LogP contribution in [0.2, 0.25) is 0 Å². The minimum Gasteiger partial charge on any atom is -0.328 e. The molecule has 3 N–H and O–H groups in total. The van der Waals surface area contributed by atoms with E-state index >= 15 is 0 Å². The third-order valence-corrected chi connectivity index (χ3v) is 4.34. The van der Waals surface area contributed by atoms with Crippen LogP contribution in [0.1, 0.15) is 24.8 Å². The molecule has 6 nitrogen and oxygen atoms in total. The fourth-order valence-electron chi connectivity index (χ4n) is 2.72. The molecule has 124 valence electrons. The van der Waals surface area contributed by atoms with E-state index in [9.17, 15) is 4.79 Å². The lowest BCUT2D eigenvalue weighted by molar-refractivity contribution is -0.119. The van der Waals surface area contributed by atoms with Gasteiger partial charge in [-0.3, -0.25) is 10.1 Å². The van der Waals surface area contributed by atoms with Gasteiger partial charge in [0.05, 0.1) is 6.54 Å². The molecule has 2 atom stereocenters. The molecule has 1 aromatic heterocycles. The Kier molecular flexibility index (Phi) is 6.15. The fraction of sp³-hybridized carbons (Fsp3) is 0.400. The Bertz CT molecular complexity index is 677. The molecule has 2 unspecified atom stereocenters. The van der Waals surface area contributed by atoms with Crippen molar-refractivity contribution in [3.63, 3.8) is 0 Å². The molecular weight excluding hydrogens is 382 g/mol. The number of halogens is 2. The van der Waals surface area contributed by atoms with E-state index < -0.39 is 0 Å². The van der Waals surface area contributed by atoms with Crippen molar-refractivity contribution in [3.8, 4) is 0 Å². The highest BCUT2D eigenvalue weighted by molar-refractivity contribution is 9.10. The van der Waals surface area contributed by atoms with E-state index in [2.05, 4.69) is 31.3 Å². The maximum Gasteiger partial charge on any atom is 0.248 e. The summed E-state index contributed by atoms with van der Waals surface area (Å²) >= 11 is 3.44. The number of nitrogens with one attached hydrogen (secondary N) is 1. The first-order valence-electron chi connectivity index (χ1n) is 7.30. The predicted molar refractivity (Wildman–Crippen MR) is 94.5 cm³/mol. The zero-order valence-corrected chi connectivity index (χ0v) is 14.9. The summed E-state index contributed by atoms with van der Waals surface area (Å²) in [4.78, 5) is 16.3. The lowest BCUT2D eigenvalue weighted by atomic mass is 10.1. The van der Waals surface area contributed by atoms with Gasteiger partial charge in [0, 0.05) is 16.4 Å². The SMILES string of the molecule is Cl.NC1CCC(C(=O)Nc2ncn(Cc3cccc(Br)c3)n2)C1. The van der Waals surface area contributed by atoms with Crippen molar-refractivity contribution in [1.29, 1.82) is 0 Å². The number of aromatic nitrogens is 3. The maximum atomic E-state index is 12.1. The number of carbonyl (C=O) groups excluding carboxylic acids is 1. The van der Waals surface area contributed by atoms with E-state index in [0.717, 1.165) is 29.3 Å². The molecular formula is C15H19BrClN5O. The van der Waals surface area contributed by atoms with Crippen molar-refractivity contribution >= 4 is 40.2 Å². The minimum absolute atomic E-state index is 0. The fourth-order valence-corrected chi connectivity index (χ4v) is 3.16. The first kappa shape index (κ1) is 17.9. The summed E-state index contributed by atoms with van der Waals surface area (Å²) in [6.07, 6.45) is 4.11. The van der Waals surface area contributed by atoms with Gasteiger partial charge < -0.3 is 5.73 Å². The Labute approximate surface area is 149 Å². The molecule has 1 amide bonds. The number of nitrogens with two attached hydrogens (primary N) is 1. The summed E-state index contributed by atoms with van der Waals surface area (Å²) in [5.41, 5.74) is 6.95. The number of rotatable bonds is 4. The maximum absolute atomic E-state index is 12.1. The second kappa shape index (κ2) is 7.90. The Morgan fingerprint density at radius 1 is 1.43 bits per heavy atom. The largest absolute Gasteiger partial charge is 0.328 e. The van der Waals surface area contributed by atoms with Crippen LogP contribution in [-0.2, 0) is 11.3 Å². The summed E-state index contributed by atoms with van der Waals surface area (Å²) in [6, 6.07) is 8.13. The number of hydrogen-bond donors (Lipinski definition) is 2. The van der Waals surface area contributed by atoms with E-state index in [4.69, 9.17) is 5.73 Å². The third-order valence-electron chi connectivity index (χ3n) is 3.85. The topological polar surface area (TPSA) is 85.8 Å². The van der Waals surface area contributed by atoms with Gasteiger partial charge in [-0.25, -0.2) is 9.67 Å². The van der Waals surface area contributed by atoms with Crippen LogP contribution in [0.15, 0.2) is 35.1 Å². The molecule has 1 heterocycles. The van der Waals surface area contributed by atoms with E-state index in [-0.39, 0.29) is 30.3 Å². The highest BCUT2D eigenvalue weighted by Gasteiger charge is 2.28. The van der Waals surface area contributed by atoms with E-state index in [1.807, 2.05) is 24.3 Å². The van der Waals surface area contributed by atoms with Gasteiger partial charge in [0.2, 0.25) is 11.9 Å². The molecule has 0 spiro atoms. The number of hydrogen-bond acceptors (Lipinski definition) is 4. The van der Waals surface area contributed by atoms with Crippen molar-refractivity contribution in [1.82, 2.24) is 14.8 Å². The summed E-state index contributed by atoms with van der Waals surface area (Å²) < 4.78 is 2.73. The van der Waals surface area contributed by atoms with E-state index in [0.29, 0.717) is 12.5 Å². The van der Waals surface area contributed by atoms with Crippen LogP contribution < -0.4 is 11.1 Å². The van der Waals surface area contributed by atoms with Gasteiger partial charge in [0.25, 0.3) is 0 Å². The van der Waals surface area contributed by atoms with E-state index in [1.165, 1.54) is 0 Å². The van der Waals surface area contributed by atoms with Crippen molar-refractivity contribution in [3.05, 3.63) is 40.6 Å². The molecule has 1 aliphatic rings. The number of nitrogens with zero attached hydrogens (tertiary/aromatic N) is 3. The summed E-state index contributed by atoms with van der Waals surface area (Å²) in [5.74, 6) is 0.292. The molecule has 0 bridgehead atoms. The van der Waals surface area contributed by atoms with Crippen molar-refractivity contribution in [2.24, 2.45) is 11.7 Å². The van der Waals surface area contributed by atoms with Gasteiger partial charge >= 0.3 is 0 Å². The van der Waals surface area contributed by atoms with Gasteiger partial charge in [-0.1, -0.05) is 28.1 Å². The van der Waals surface area contributed by atoms with Crippen LogP contribution >= 0.6 is 28.3 Å². The molecule has 1 aromatic carbocycles. The zero-order valence-electron chi connectivity index (χ0n) is 12.5. The second-order valence-electron chi connectivity index (χ2n) is 5.65. The Hall–Kier alpha value is -1.44. The number of carbonyl (C=O) groups is 1. The van der Waals surface area contributed by atoms with Crippen LogP contribution in [-0.4, -0.2) is 26.7 Å². The molecule has 1 aliphatic carbocycles. The van der Waals surface area contributed by atoms with Crippen LogP contribution in [0.3, 0.4) is 0 Å². The molecule has 0 aliphatic heterocycles. The summed E-state index contributed by atoms with van der Waals surface area (Å²) in [5, 5.41) is 7.07. The highest BCUT2D eigenvalue weighted by Crippen LogP contribution is 2.25. The Morgan fingerprint density at radius 3 is 2.96 bits per heavy atom. The van der Waals surface area contributed by atoms with Crippen LogP contribution in [0.4, 0.5) is 5.95 Å². The Balaban J connectivity index is 0.00000192. The zero-order chi connectivity index (χ0) is 15.5. The van der Waals surface area contributed by atoms with Crippen LogP contribution in [0.25, 0.3) is 0 Å². The van der Waals surface area contributed by atoms with Crippen molar-refractivity contribution in [2.45, 2.75) is 31.8 Å².